The molecule has 2 aromatic carbocycles. The smallest absolute Gasteiger partial charge is 0.262 e. The van der Waals surface area contributed by atoms with Crippen LogP contribution in [-0.4, -0.2) is 27.0 Å². The number of carbonyl (C=O) groups is 1. The molecule has 26 heavy (non-hydrogen) atoms. The van der Waals surface area contributed by atoms with Crippen LogP contribution in [0.3, 0.4) is 0 Å². The second kappa shape index (κ2) is 7.65. The van der Waals surface area contributed by atoms with Crippen molar-refractivity contribution in [3.05, 3.63) is 53.1 Å². The molecule has 1 unspecified atom stereocenters. The summed E-state index contributed by atoms with van der Waals surface area (Å²) in [5.74, 6) is -0.187. The molecule has 8 heteroatoms. The van der Waals surface area contributed by atoms with Crippen LogP contribution in [0, 0.1) is 6.92 Å². The highest BCUT2D eigenvalue weighted by Gasteiger charge is 2.23. The first-order valence-corrected chi connectivity index (χ1v) is 10.0. The molecule has 1 aliphatic heterocycles. The molecular formula is C18H19ClN2O4S. The Morgan fingerprint density at radius 1 is 1.15 bits per heavy atom. The van der Waals surface area contributed by atoms with Crippen molar-refractivity contribution >= 4 is 38.9 Å². The zero-order valence-corrected chi connectivity index (χ0v) is 15.7. The number of aryl methyl sites for hydroxylation is 1. The molecule has 0 aromatic heterocycles. The summed E-state index contributed by atoms with van der Waals surface area (Å²) in [7, 11) is -3.73. The Bertz CT molecular complexity index is 907. The van der Waals surface area contributed by atoms with E-state index in [1.165, 1.54) is 12.1 Å². The summed E-state index contributed by atoms with van der Waals surface area (Å²) in [4.78, 5) is 12.2. The molecule has 1 heterocycles. The number of halogens is 1. The highest BCUT2D eigenvalue weighted by molar-refractivity contribution is 7.92. The van der Waals surface area contributed by atoms with Crippen LogP contribution in [0.1, 0.15) is 18.4 Å². The molecule has 138 valence electrons. The van der Waals surface area contributed by atoms with Gasteiger partial charge < -0.3 is 10.1 Å². The third-order valence-corrected chi connectivity index (χ3v) is 5.83. The van der Waals surface area contributed by atoms with E-state index in [4.69, 9.17) is 16.3 Å². The van der Waals surface area contributed by atoms with E-state index in [1.807, 2.05) is 0 Å². The van der Waals surface area contributed by atoms with Crippen LogP contribution in [0.4, 0.5) is 11.4 Å². The van der Waals surface area contributed by atoms with Crippen LogP contribution in [-0.2, 0) is 19.6 Å². The predicted octanol–water partition coefficient (Wildman–Crippen LogP) is 3.57. The van der Waals surface area contributed by atoms with Gasteiger partial charge in [0.15, 0.2) is 0 Å². The van der Waals surface area contributed by atoms with Crippen molar-refractivity contribution in [3.8, 4) is 0 Å². The van der Waals surface area contributed by atoms with Gasteiger partial charge in [0.25, 0.3) is 15.9 Å². The molecule has 1 atom stereocenters. The Labute approximate surface area is 157 Å². The van der Waals surface area contributed by atoms with Crippen molar-refractivity contribution < 1.29 is 17.9 Å². The quantitative estimate of drug-likeness (QED) is 0.811. The molecule has 6 nitrogen and oxygen atoms in total. The van der Waals surface area contributed by atoms with Gasteiger partial charge in [0.05, 0.1) is 4.90 Å². The lowest BCUT2D eigenvalue weighted by Crippen LogP contribution is -2.26. The van der Waals surface area contributed by atoms with Crippen LogP contribution >= 0.6 is 11.6 Å². The van der Waals surface area contributed by atoms with E-state index in [1.54, 1.807) is 37.3 Å². The van der Waals surface area contributed by atoms with Crippen molar-refractivity contribution in [2.45, 2.75) is 30.8 Å². The summed E-state index contributed by atoms with van der Waals surface area (Å²) < 4.78 is 32.9. The molecule has 3 rings (SSSR count). The van der Waals surface area contributed by atoms with Crippen molar-refractivity contribution in [2.24, 2.45) is 0 Å². The van der Waals surface area contributed by atoms with Gasteiger partial charge in [0, 0.05) is 23.0 Å². The fourth-order valence-electron chi connectivity index (χ4n) is 2.75. The molecule has 0 spiro atoms. The largest absolute Gasteiger partial charge is 0.368 e. The van der Waals surface area contributed by atoms with Crippen molar-refractivity contribution in [2.75, 3.05) is 16.6 Å². The van der Waals surface area contributed by atoms with E-state index in [9.17, 15) is 13.2 Å². The van der Waals surface area contributed by atoms with E-state index in [-0.39, 0.29) is 10.8 Å². The van der Waals surface area contributed by atoms with E-state index in [0.717, 1.165) is 6.42 Å². The summed E-state index contributed by atoms with van der Waals surface area (Å²) >= 11 is 5.87. The number of sulfonamides is 1. The normalized spacial score (nSPS) is 17.1. The summed E-state index contributed by atoms with van der Waals surface area (Å²) in [6.07, 6.45) is 1.17. The maximum Gasteiger partial charge on any atom is 0.262 e. The fraction of sp³-hybridized carbons (Fsp3) is 0.278. The van der Waals surface area contributed by atoms with Gasteiger partial charge in [-0.1, -0.05) is 11.6 Å². The van der Waals surface area contributed by atoms with Crippen LogP contribution < -0.4 is 10.0 Å². The average Bonchev–Trinajstić information content (AvgIpc) is 3.10. The number of carbonyl (C=O) groups excluding carboxylic acids is 1. The highest BCUT2D eigenvalue weighted by atomic mass is 35.5. The molecule has 1 saturated heterocycles. The number of anilines is 2. The molecule has 0 aliphatic carbocycles. The Morgan fingerprint density at radius 2 is 1.85 bits per heavy atom. The zero-order valence-electron chi connectivity index (χ0n) is 14.2. The average molecular weight is 395 g/mol. The first-order valence-electron chi connectivity index (χ1n) is 8.17. The van der Waals surface area contributed by atoms with Crippen molar-refractivity contribution in [3.63, 3.8) is 0 Å². The van der Waals surface area contributed by atoms with Crippen LogP contribution in [0.25, 0.3) is 0 Å². The van der Waals surface area contributed by atoms with Gasteiger partial charge in [-0.3, -0.25) is 9.52 Å². The summed E-state index contributed by atoms with van der Waals surface area (Å²) in [5.41, 5.74) is 1.54. The third kappa shape index (κ3) is 4.35. The van der Waals surface area contributed by atoms with Gasteiger partial charge in [-0.25, -0.2) is 8.42 Å². The van der Waals surface area contributed by atoms with Crippen molar-refractivity contribution in [1.29, 1.82) is 0 Å². The monoisotopic (exact) mass is 394 g/mol. The number of amides is 1. The SMILES string of the molecule is Cc1cc(Cl)ccc1S(=O)(=O)Nc1ccc(NC(=O)C2CCCO2)cc1. The van der Waals surface area contributed by atoms with Crippen LogP contribution in [0.15, 0.2) is 47.4 Å². The lowest BCUT2D eigenvalue weighted by Gasteiger charge is -2.12. The Hall–Kier alpha value is -2.09. The third-order valence-electron chi connectivity index (χ3n) is 4.05. The van der Waals surface area contributed by atoms with Gasteiger partial charge in [0.1, 0.15) is 6.10 Å². The maximum absolute atomic E-state index is 12.5. The summed E-state index contributed by atoms with van der Waals surface area (Å²) in [5, 5.41) is 3.24. The number of hydrogen-bond donors (Lipinski definition) is 2. The topological polar surface area (TPSA) is 84.5 Å². The van der Waals surface area contributed by atoms with Gasteiger partial charge in [-0.15, -0.1) is 0 Å². The zero-order chi connectivity index (χ0) is 18.7. The minimum atomic E-state index is -3.73. The second-order valence-corrected chi connectivity index (χ2v) is 8.17. The van der Waals surface area contributed by atoms with Gasteiger partial charge in [0.2, 0.25) is 0 Å². The predicted molar refractivity (Wildman–Crippen MR) is 101 cm³/mol. The molecule has 0 bridgehead atoms. The number of ether oxygens (including phenoxy) is 1. The molecule has 1 aliphatic rings. The molecule has 1 fully saturated rings. The van der Waals surface area contributed by atoms with Crippen LogP contribution in [0.2, 0.25) is 5.02 Å². The van der Waals surface area contributed by atoms with Crippen molar-refractivity contribution in [1.82, 2.24) is 0 Å². The van der Waals surface area contributed by atoms with E-state index >= 15 is 0 Å². The Balaban J connectivity index is 1.69. The summed E-state index contributed by atoms with van der Waals surface area (Å²) in [6, 6.07) is 11.1. The molecule has 2 N–H and O–H groups in total. The standard InChI is InChI=1S/C18H19ClN2O4S/c1-12-11-13(19)4-9-17(12)26(23,24)21-15-7-5-14(6-8-15)20-18(22)16-3-2-10-25-16/h4-9,11,16,21H,2-3,10H2,1H3,(H,20,22). The fourth-order valence-corrected chi connectivity index (χ4v) is 4.27. The number of hydrogen-bond acceptors (Lipinski definition) is 4. The second-order valence-electron chi connectivity index (χ2n) is 6.08. The molecule has 1 amide bonds. The minimum Gasteiger partial charge on any atom is -0.368 e. The molecule has 2 aromatic rings. The molecule has 0 saturated carbocycles. The number of benzene rings is 2. The Morgan fingerprint density at radius 3 is 2.46 bits per heavy atom. The van der Waals surface area contributed by atoms with Crippen LogP contribution in [0.5, 0.6) is 0 Å². The lowest BCUT2D eigenvalue weighted by atomic mass is 10.2. The Kier molecular flexibility index (Phi) is 5.50. The summed E-state index contributed by atoms with van der Waals surface area (Å²) in [6.45, 7) is 2.28. The molecule has 0 radical (unpaired) electrons. The lowest BCUT2D eigenvalue weighted by molar-refractivity contribution is -0.124. The van der Waals surface area contributed by atoms with E-state index in [0.29, 0.717) is 35.0 Å². The number of nitrogens with one attached hydrogen (secondary N) is 2. The highest BCUT2D eigenvalue weighted by Crippen LogP contribution is 2.23. The van der Waals surface area contributed by atoms with Gasteiger partial charge >= 0.3 is 0 Å². The minimum absolute atomic E-state index is 0.165. The van der Waals surface area contributed by atoms with Gasteiger partial charge in [-0.05, 0) is 67.8 Å². The van der Waals surface area contributed by atoms with E-state index in [2.05, 4.69) is 10.0 Å². The number of rotatable bonds is 5. The van der Waals surface area contributed by atoms with E-state index < -0.39 is 16.1 Å². The first kappa shape index (κ1) is 18.7. The maximum atomic E-state index is 12.5. The van der Waals surface area contributed by atoms with Gasteiger partial charge in [-0.2, -0.15) is 0 Å². The first-order chi connectivity index (χ1) is 12.3. The molecular weight excluding hydrogens is 376 g/mol.